The number of fused-ring (bicyclic) bond motifs is 1. The highest BCUT2D eigenvalue weighted by atomic mass is 16.5. The van der Waals surface area contributed by atoms with E-state index < -0.39 is 0 Å². The average Bonchev–Trinajstić information content (AvgIpc) is 2.61. The molecule has 2 heterocycles. The monoisotopic (exact) mass is 207 g/mol. The van der Waals surface area contributed by atoms with Crippen LogP contribution >= 0.6 is 0 Å². The maximum Gasteiger partial charge on any atom is 0.343 e. The van der Waals surface area contributed by atoms with Crippen LogP contribution in [0.1, 0.15) is 24.7 Å². The van der Waals surface area contributed by atoms with Crippen molar-refractivity contribution in [3.8, 4) is 0 Å². The SMILES string of the molecule is C.CCOC(=O)c1cnn2cccnc12. The van der Waals surface area contributed by atoms with Gasteiger partial charge in [0, 0.05) is 12.4 Å². The zero-order valence-corrected chi connectivity index (χ0v) is 7.67. The van der Waals surface area contributed by atoms with Crippen LogP contribution in [-0.2, 0) is 4.74 Å². The topological polar surface area (TPSA) is 56.5 Å². The van der Waals surface area contributed by atoms with Gasteiger partial charge in [-0.25, -0.2) is 14.3 Å². The molecule has 0 aliphatic heterocycles. The lowest BCUT2D eigenvalue weighted by molar-refractivity contribution is 0.0528. The molecule has 0 aliphatic carbocycles. The standard InChI is InChI=1S/C9H9N3O2.CH4/c1-2-14-9(13)7-6-11-12-5-3-4-10-8(7)12;/h3-6H,2H2,1H3;1H4. The molecule has 0 radical (unpaired) electrons. The van der Waals surface area contributed by atoms with Gasteiger partial charge in [0.25, 0.3) is 0 Å². The third-order valence-corrected chi connectivity index (χ3v) is 1.77. The highest BCUT2D eigenvalue weighted by Gasteiger charge is 2.13. The molecule has 0 saturated carbocycles. The number of rotatable bonds is 2. The Kier molecular flexibility index (Phi) is 3.38. The number of hydrogen-bond donors (Lipinski definition) is 0. The number of nitrogens with zero attached hydrogens (tertiary/aromatic N) is 3. The van der Waals surface area contributed by atoms with E-state index in [0.717, 1.165) is 0 Å². The summed E-state index contributed by atoms with van der Waals surface area (Å²) in [5.74, 6) is -0.388. The van der Waals surface area contributed by atoms with Gasteiger partial charge < -0.3 is 4.74 Å². The molecule has 5 nitrogen and oxygen atoms in total. The summed E-state index contributed by atoms with van der Waals surface area (Å²) in [5, 5.41) is 3.98. The lowest BCUT2D eigenvalue weighted by Crippen LogP contribution is -2.04. The lowest BCUT2D eigenvalue weighted by Gasteiger charge is -1.97. The van der Waals surface area contributed by atoms with E-state index in [1.807, 2.05) is 0 Å². The van der Waals surface area contributed by atoms with Gasteiger partial charge >= 0.3 is 5.97 Å². The van der Waals surface area contributed by atoms with Gasteiger partial charge in [-0.05, 0) is 13.0 Å². The van der Waals surface area contributed by atoms with Crippen molar-refractivity contribution in [2.75, 3.05) is 6.61 Å². The molecular weight excluding hydrogens is 194 g/mol. The van der Waals surface area contributed by atoms with Gasteiger partial charge in [-0.2, -0.15) is 5.10 Å². The van der Waals surface area contributed by atoms with Gasteiger partial charge in [0.2, 0.25) is 0 Å². The predicted molar refractivity (Wildman–Crippen MR) is 55.7 cm³/mol. The highest BCUT2D eigenvalue weighted by Crippen LogP contribution is 2.07. The first kappa shape index (κ1) is 11.2. The van der Waals surface area contributed by atoms with Gasteiger partial charge in [0.1, 0.15) is 5.56 Å². The fourth-order valence-corrected chi connectivity index (χ4v) is 1.18. The zero-order valence-electron chi connectivity index (χ0n) is 7.67. The van der Waals surface area contributed by atoms with E-state index in [1.54, 1.807) is 25.4 Å². The number of carbonyl (C=O) groups is 1. The molecular formula is C10H13N3O2. The summed E-state index contributed by atoms with van der Waals surface area (Å²) in [4.78, 5) is 15.4. The summed E-state index contributed by atoms with van der Waals surface area (Å²) in [6, 6.07) is 1.74. The van der Waals surface area contributed by atoms with Crippen LogP contribution in [0.2, 0.25) is 0 Å². The molecule has 80 valence electrons. The minimum atomic E-state index is -0.388. The van der Waals surface area contributed by atoms with Crippen LogP contribution in [-0.4, -0.2) is 27.2 Å². The van der Waals surface area contributed by atoms with E-state index in [-0.39, 0.29) is 13.4 Å². The molecule has 0 atom stereocenters. The second-order valence-corrected chi connectivity index (χ2v) is 2.67. The van der Waals surface area contributed by atoms with E-state index in [0.29, 0.717) is 17.8 Å². The average molecular weight is 207 g/mol. The van der Waals surface area contributed by atoms with Crippen molar-refractivity contribution in [1.29, 1.82) is 0 Å². The van der Waals surface area contributed by atoms with Crippen molar-refractivity contribution in [2.45, 2.75) is 14.4 Å². The number of carbonyl (C=O) groups excluding carboxylic acids is 1. The summed E-state index contributed by atoms with van der Waals surface area (Å²) < 4.78 is 6.40. The molecule has 0 N–H and O–H groups in total. The van der Waals surface area contributed by atoms with E-state index >= 15 is 0 Å². The first-order chi connectivity index (χ1) is 6.83. The Balaban J connectivity index is 0.00000112. The Morgan fingerprint density at radius 1 is 1.60 bits per heavy atom. The van der Waals surface area contributed by atoms with Crippen LogP contribution < -0.4 is 0 Å². The summed E-state index contributed by atoms with van der Waals surface area (Å²) >= 11 is 0. The smallest absolute Gasteiger partial charge is 0.343 e. The van der Waals surface area contributed by atoms with E-state index in [9.17, 15) is 4.79 Å². The molecule has 0 bridgehead atoms. The van der Waals surface area contributed by atoms with Crippen molar-refractivity contribution in [2.24, 2.45) is 0 Å². The second kappa shape index (κ2) is 4.54. The van der Waals surface area contributed by atoms with Crippen LogP contribution in [0.3, 0.4) is 0 Å². The zero-order chi connectivity index (χ0) is 9.97. The highest BCUT2D eigenvalue weighted by molar-refractivity contribution is 5.95. The molecule has 2 aromatic heterocycles. The molecule has 0 saturated heterocycles. The first-order valence-corrected chi connectivity index (χ1v) is 4.28. The van der Waals surface area contributed by atoms with Gasteiger partial charge in [0.05, 0.1) is 12.8 Å². The second-order valence-electron chi connectivity index (χ2n) is 2.67. The van der Waals surface area contributed by atoms with E-state index in [4.69, 9.17) is 4.74 Å². The van der Waals surface area contributed by atoms with Crippen molar-refractivity contribution >= 4 is 11.6 Å². The molecule has 2 aromatic rings. The summed E-state index contributed by atoms with van der Waals surface area (Å²) in [6.45, 7) is 2.11. The van der Waals surface area contributed by atoms with Crippen molar-refractivity contribution in [3.05, 3.63) is 30.2 Å². The van der Waals surface area contributed by atoms with Crippen LogP contribution in [0.15, 0.2) is 24.7 Å². The normalized spacial score (nSPS) is 9.67. The van der Waals surface area contributed by atoms with Crippen LogP contribution in [0.5, 0.6) is 0 Å². The van der Waals surface area contributed by atoms with Gasteiger partial charge in [-0.15, -0.1) is 0 Å². The molecule has 0 aromatic carbocycles. The summed E-state index contributed by atoms with van der Waals surface area (Å²) in [6.07, 6.45) is 4.80. The maximum atomic E-state index is 11.4. The largest absolute Gasteiger partial charge is 0.462 e. The first-order valence-electron chi connectivity index (χ1n) is 4.28. The number of aromatic nitrogens is 3. The molecule has 15 heavy (non-hydrogen) atoms. The Hall–Kier alpha value is -1.91. The van der Waals surface area contributed by atoms with Crippen LogP contribution in [0.4, 0.5) is 0 Å². The van der Waals surface area contributed by atoms with E-state index in [2.05, 4.69) is 10.1 Å². The van der Waals surface area contributed by atoms with Gasteiger partial charge in [0.15, 0.2) is 5.65 Å². The molecule has 2 rings (SSSR count). The fraction of sp³-hybridized carbons (Fsp3) is 0.300. The molecule has 5 heteroatoms. The number of hydrogen-bond acceptors (Lipinski definition) is 4. The van der Waals surface area contributed by atoms with Crippen molar-refractivity contribution < 1.29 is 9.53 Å². The molecule has 0 spiro atoms. The third kappa shape index (κ3) is 1.96. The molecule has 0 amide bonds. The minimum absolute atomic E-state index is 0. The minimum Gasteiger partial charge on any atom is -0.462 e. The summed E-state index contributed by atoms with van der Waals surface area (Å²) in [7, 11) is 0. The Morgan fingerprint density at radius 2 is 2.40 bits per heavy atom. The Bertz CT molecular complexity index is 464. The quantitative estimate of drug-likeness (QED) is 0.701. The molecule has 0 unspecified atom stereocenters. The fourth-order valence-electron chi connectivity index (χ4n) is 1.18. The van der Waals surface area contributed by atoms with Crippen LogP contribution in [0, 0.1) is 0 Å². The van der Waals surface area contributed by atoms with Crippen LogP contribution in [0.25, 0.3) is 5.65 Å². The van der Waals surface area contributed by atoms with E-state index in [1.165, 1.54) is 10.7 Å². The predicted octanol–water partition coefficient (Wildman–Crippen LogP) is 1.54. The lowest BCUT2D eigenvalue weighted by atomic mass is 10.3. The van der Waals surface area contributed by atoms with Crippen molar-refractivity contribution in [3.63, 3.8) is 0 Å². The Labute approximate surface area is 87.7 Å². The number of ether oxygens (including phenoxy) is 1. The maximum absolute atomic E-state index is 11.4. The van der Waals surface area contributed by atoms with Gasteiger partial charge in [-0.3, -0.25) is 0 Å². The van der Waals surface area contributed by atoms with Gasteiger partial charge in [-0.1, -0.05) is 7.43 Å². The Morgan fingerprint density at radius 3 is 3.13 bits per heavy atom. The molecule has 0 aliphatic rings. The molecule has 0 fully saturated rings. The van der Waals surface area contributed by atoms with Crippen molar-refractivity contribution in [1.82, 2.24) is 14.6 Å². The number of esters is 1. The third-order valence-electron chi connectivity index (χ3n) is 1.77. The summed E-state index contributed by atoms with van der Waals surface area (Å²) in [5.41, 5.74) is 0.915.